The van der Waals surface area contributed by atoms with Gasteiger partial charge in [-0.25, -0.2) is 0 Å². The van der Waals surface area contributed by atoms with Crippen molar-refractivity contribution in [1.82, 2.24) is 0 Å². The lowest BCUT2D eigenvalue weighted by atomic mass is 10.2. The van der Waals surface area contributed by atoms with Crippen LogP contribution in [0.4, 0.5) is 5.69 Å². The molecule has 2 rings (SSSR count). The molecule has 0 aliphatic rings. The normalized spacial score (nSPS) is 10.5. The van der Waals surface area contributed by atoms with Crippen LogP contribution in [-0.4, -0.2) is 6.10 Å². The topological polar surface area (TPSA) is 21.3 Å². The van der Waals surface area contributed by atoms with Crippen molar-refractivity contribution < 1.29 is 4.74 Å². The van der Waals surface area contributed by atoms with E-state index < -0.39 is 0 Å². The summed E-state index contributed by atoms with van der Waals surface area (Å²) >= 11 is 6.12. The maximum atomic E-state index is 6.12. The van der Waals surface area contributed by atoms with Crippen LogP contribution < -0.4 is 10.1 Å². The third-order valence-electron chi connectivity index (χ3n) is 2.68. The Morgan fingerprint density at radius 3 is 2.47 bits per heavy atom. The van der Waals surface area contributed by atoms with Crippen molar-refractivity contribution in [2.75, 3.05) is 5.32 Å². The number of halogens is 1. The van der Waals surface area contributed by atoms with Crippen LogP contribution in [0, 0.1) is 0 Å². The summed E-state index contributed by atoms with van der Waals surface area (Å²) in [5.41, 5.74) is 2.06. The van der Waals surface area contributed by atoms with Gasteiger partial charge in [-0.05, 0) is 32.0 Å². The fourth-order valence-electron chi connectivity index (χ4n) is 1.81. The van der Waals surface area contributed by atoms with E-state index in [1.807, 2.05) is 56.3 Å². The molecule has 0 aliphatic heterocycles. The molecular weight excluding hydrogens is 258 g/mol. The molecule has 19 heavy (non-hydrogen) atoms. The molecule has 0 fully saturated rings. The minimum atomic E-state index is 0.168. The molecule has 0 saturated heterocycles. The molecule has 100 valence electrons. The lowest BCUT2D eigenvalue weighted by molar-refractivity contribution is 0.240. The lowest BCUT2D eigenvalue weighted by Crippen LogP contribution is -2.09. The largest absolute Gasteiger partial charge is 0.491 e. The van der Waals surface area contributed by atoms with Gasteiger partial charge in [-0.3, -0.25) is 0 Å². The van der Waals surface area contributed by atoms with Crippen LogP contribution in [0.5, 0.6) is 5.75 Å². The second-order valence-electron chi connectivity index (χ2n) is 4.61. The van der Waals surface area contributed by atoms with E-state index in [-0.39, 0.29) is 6.10 Å². The number of hydrogen-bond acceptors (Lipinski definition) is 2. The molecule has 0 unspecified atom stereocenters. The zero-order valence-corrected chi connectivity index (χ0v) is 11.9. The van der Waals surface area contributed by atoms with Crippen LogP contribution in [0.15, 0.2) is 48.5 Å². The highest BCUT2D eigenvalue weighted by molar-refractivity contribution is 6.33. The second kappa shape index (κ2) is 6.48. The van der Waals surface area contributed by atoms with Crippen molar-refractivity contribution >= 4 is 17.3 Å². The average Bonchev–Trinajstić information content (AvgIpc) is 2.39. The average molecular weight is 276 g/mol. The molecule has 0 bridgehead atoms. The van der Waals surface area contributed by atoms with E-state index in [0.717, 1.165) is 22.0 Å². The molecule has 0 aliphatic carbocycles. The summed E-state index contributed by atoms with van der Waals surface area (Å²) in [5, 5.41) is 4.06. The fourth-order valence-corrected chi connectivity index (χ4v) is 2.02. The van der Waals surface area contributed by atoms with Crippen molar-refractivity contribution in [3.8, 4) is 5.75 Å². The maximum absolute atomic E-state index is 6.12. The van der Waals surface area contributed by atoms with E-state index in [0.29, 0.717) is 6.54 Å². The van der Waals surface area contributed by atoms with Crippen LogP contribution in [0.2, 0.25) is 5.02 Å². The van der Waals surface area contributed by atoms with Gasteiger partial charge < -0.3 is 10.1 Å². The zero-order chi connectivity index (χ0) is 13.7. The Kier molecular flexibility index (Phi) is 4.69. The highest BCUT2D eigenvalue weighted by Crippen LogP contribution is 2.24. The van der Waals surface area contributed by atoms with E-state index in [1.54, 1.807) is 0 Å². The smallest absolute Gasteiger partial charge is 0.124 e. The summed E-state index contributed by atoms with van der Waals surface area (Å²) in [7, 11) is 0. The van der Waals surface area contributed by atoms with Crippen LogP contribution in [0.3, 0.4) is 0 Å². The number of anilines is 1. The summed E-state index contributed by atoms with van der Waals surface area (Å²) in [5.74, 6) is 0.914. The van der Waals surface area contributed by atoms with Gasteiger partial charge in [0.25, 0.3) is 0 Å². The van der Waals surface area contributed by atoms with Crippen molar-refractivity contribution in [3.63, 3.8) is 0 Å². The van der Waals surface area contributed by atoms with Gasteiger partial charge in [-0.2, -0.15) is 0 Å². The molecule has 0 heterocycles. The molecule has 0 amide bonds. The first-order valence-electron chi connectivity index (χ1n) is 6.40. The highest BCUT2D eigenvalue weighted by atomic mass is 35.5. The summed E-state index contributed by atoms with van der Waals surface area (Å²) < 4.78 is 5.79. The van der Waals surface area contributed by atoms with Gasteiger partial charge in [-0.1, -0.05) is 41.9 Å². The van der Waals surface area contributed by atoms with Crippen molar-refractivity contribution in [1.29, 1.82) is 0 Å². The summed E-state index contributed by atoms with van der Waals surface area (Å²) in [4.78, 5) is 0. The van der Waals surface area contributed by atoms with Gasteiger partial charge in [0.2, 0.25) is 0 Å². The number of para-hydroxylation sites is 2. The Morgan fingerprint density at radius 1 is 1.05 bits per heavy atom. The van der Waals surface area contributed by atoms with Gasteiger partial charge in [0.15, 0.2) is 0 Å². The minimum Gasteiger partial charge on any atom is -0.491 e. The Balaban J connectivity index is 2.09. The molecule has 0 aromatic heterocycles. The molecule has 3 heteroatoms. The third kappa shape index (κ3) is 3.90. The number of ether oxygens (including phenoxy) is 1. The van der Waals surface area contributed by atoms with Gasteiger partial charge in [0, 0.05) is 12.1 Å². The zero-order valence-electron chi connectivity index (χ0n) is 11.2. The molecule has 0 radical (unpaired) electrons. The van der Waals surface area contributed by atoms with E-state index in [2.05, 4.69) is 11.4 Å². The Morgan fingerprint density at radius 2 is 1.74 bits per heavy atom. The van der Waals surface area contributed by atoms with E-state index in [1.165, 1.54) is 0 Å². The van der Waals surface area contributed by atoms with E-state index in [9.17, 15) is 0 Å². The Labute approximate surface area is 119 Å². The highest BCUT2D eigenvalue weighted by Gasteiger charge is 2.05. The first-order valence-corrected chi connectivity index (χ1v) is 6.77. The van der Waals surface area contributed by atoms with Crippen LogP contribution >= 0.6 is 11.6 Å². The lowest BCUT2D eigenvalue weighted by Gasteiger charge is -2.15. The molecular formula is C16H18ClNO. The molecule has 0 spiro atoms. The molecule has 1 N–H and O–H groups in total. The first-order chi connectivity index (χ1) is 9.16. The van der Waals surface area contributed by atoms with Crippen molar-refractivity contribution in [2.24, 2.45) is 0 Å². The number of benzene rings is 2. The first kappa shape index (κ1) is 13.8. The fraction of sp³-hybridized carbons (Fsp3) is 0.250. The van der Waals surface area contributed by atoms with Gasteiger partial charge in [0.1, 0.15) is 5.75 Å². The molecule has 2 aromatic rings. The molecule has 2 nitrogen and oxygen atoms in total. The van der Waals surface area contributed by atoms with Gasteiger partial charge in [0.05, 0.1) is 16.8 Å². The summed E-state index contributed by atoms with van der Waals surface area (Å²) in [6, 6.07) is 15.8. The Bertz CT molecular complexity index is 540. The van der Waals surface area contributed by atoms with Gasteiger partial charge >= 0.3 is 0 Å². The standard InChI is InChI=1S/C16H18ClNO/c1-12(2)19-16-10-6-3-7-13(16)11-18-15-9-5-4-8-14(15)17/h3-10,12,18H,11H2,1-2H3. The second-order valence-corrected chi connectivity index (χ2v) is 5.01. The van der Waals surface area contributed by atoms with E-state index in [4.69, 9.17) is 16.3 Å². The predicted molar refractivity (Wildman–Crippen MR) is 81.0 cm³/mol. The number of rotatable bonds is 5. The summed E-state index contributed by atoms with van der Waals surface area (Å²) in [6.07, 6.45) is 0.168. The molecule has 0 atom stereocenters. The van der Waals surface area contributed by atoms with Crippen molar-refractivity contribution in [3.05, 3.63) is 59.1 Å². The predicted octanol–water partition coefficient (Wildman–Crippen LogP) is 4.74. The van der Waals surface area contributed by atoms with Gasteiger partial charge in [-0.15, -0.1) is 0 Å². The number of nitrogens with one attached hydrogen (secondary N) is 1. The van der Waals surface area contributed by atoms with Crippen LogP contribution in [0.1, 0.15) is 19.4 Å². The quantitative estimate of drug-likeness (QED) is 0.851. The minimum absolute atomic E-state index is 0.168. The SMILES string of the molecule is CC(C)Oc1ccccc1CNc1ccccc1Cl. The Hall–Kier alpha value is -1.67. The van der Waals surface area contributed by atoms with E-state index >= 15 is 0 Å². The van der Waals surface area contributed by atoms with Crippen molar-refractivity contribution in [2.45, 2.75) is 26.5 Å². The number of hydrogen-bond donors (Lipinski definition) is 1. The summed E-state index contributed by atoms with van der Waals surface area (Å²) in [6.45, 7) is 4.74. The molecule has 2 aromatic carbocycles. The molecule has 0 saturated carbocycles. The van der Waals surface area contributed by atoms with Crippen LogP contribution in [-0.2, 0) is 6.54 Å². The monoisotopic (exact) mass is 275 g/mol. The van der Waals surface area contributed by atoms with Crippen LogP contribution in [0.25, 0.3) is 0 Å². The third-order valence-corrected chi connectivity index (χ3v) is 3.01. The maximum Gasteiger partial charge on any atom is 0.124 e.